The zero-order valence-corrected chi connectivity index (χ0v) is 18.3. The van der Waals surface area contributed by atoms with Crippen molar-refractivity contribution in [3.8, 4) is 0 Å². The number of amides is 2. The molecule has 5 rings (SSSR count). The number of thiophene rings is 1. The van der Waals surface area contributed by atoms with Gasteiger partial charge in [-0.25, -0.2) is 9.18 Å². The molecule has 6 nitrogen and oxygen atoms in total. The molecular weight excluding hydrogens is 425 g/mol. The Balaban J connectivity index is 1.44. The summed E-state index contributed by atoms with van der Waals surface area (Å²) in [5.74, 6) is -0.924. The number of rotatable bonds is 4. The van der Waals surface area contributed by atoms with Crippen molar-refractivity contribution in [3.05, 3.63) is 39.3 Å². The molecule has 1 saturated carbocycles. The average molecular weight is 449 g/mol. The van der Waals surface area contributed by atoms with Gasteiger partial charge in [0.1, 0.15) is 5.82 Å². The van der Waals surface area contributed by atoms with Crippen molar-refractivity contribution in [2.75, 3.05) is 11.9 Å². The summed E-state index contributed by atoms with van der Waals surface area (Å²) in [6, 6.07) is 0.529. The van der Waals surface area contributed by atoms with E-state index in [4.69, 9.17) is 4.98 Å². The van der Waals surface area contributed by atoms with E-state index in [-0.39, 0.29) is 22.1 Å². The standard InChI is InChI=1S/C21H23FN3O3S2/c1-11(10-26)16-9-14(22)19(29-16)30(28)25-20(27)24-17-12-3-2-4-15(12)23-18-13(17)5-6-21(18)7-8-21/h9,11,26H,2-8,10H2,1H3,(H,23,24,27)/q-1/t11-/m0/s1. The van der Waals surface area contributed by atoms with Crippen molar-refractivity contribution in [2.24, 2.45) is 4.36 Å². The lowest BCUT2D eigenvalue weighted by atomic mass is 10.0. The SMILES string of the molecule is C[C@@H](CO)c1cc(F)c([S-](=O)=NC(=O)Nc2c3c(nc4c2CCC42CC2)CCC3)s1. The molecule has 30 heavy (non-hydrogen) atoms. The fourth-order valence-electron chi connectivity index (χ4n) is 4.64. The minimum atomic E-state index is -2.14. The van der Waals surface area contributed by atoms with Crippen LogP contribution in [0.1, 0.15) is 65.9 Å². The van der Waals surface area contributed by atoms with Crippen LogP contribution in [0.25, 0.3) is 0 Å². The lowest BCUT2D eigenvalue weighted by Crippen LogP contribution is -2.14. The van der Waals surface area contributed by atoms with E-state index >= 15 is 0 Å². The van der Waals surface area contributed by atoms with E-state index in [1.165, 1.54) is 6.07 Å². The van der Waals surface area contributed by atoms with Crippen molar-refractivity contribution in [3.63, 3.8) is 0 Å². The number of urea groups is 1. The Morgan fingerprint density at radius 3 is 2.90 bits per heavy atom. The minimum Gasteiger partial charge on any atom is -0.439 e. The van der Waals surface area contributed by atoms with Gasteiger partial charge in [0.05, 0.1) is 18.0 Å². The zero-order chi connectivity index (χ0) is 21.0. The number of pyridine rings is 1. The summed E-state index contributed by atoms with van der Waals surface area (Å²) in [4.78, 5) is 18.2. The summed E-state index contributed by atoms with van der Waals surface area (Å²) in [5.41, 5.74) is 5.36. The topological polar surface area (TPSA) is 91.6 Å². The molecule has 0 radical (unpaired) electrons. The molecule has 2 heterocycles. The highest BCUT2D eigenvalue weighted by Crippen LogP contribution is 2.58. The second-order valence-electron chi connectivity index (χ2n) is 8.51. The van der Waals surface area contributed by atoms with E-state index in [2.05, 4.69) is 9.68 Å². The highest BCUT2D eigenvalue weighted by Gasteiger charge is 2.51. The number of aliphatic hydroxyl groups excluding tert-OH is 1. The van der Waals surface area contributed by atoms with E-state index in [0.29, 0.717) is 4.88 Å². The predicted molar refractivity (Wildman–Crippen MR) is 113 cm³/mol. The lowest BCUT2D eigenvalue weighted by Gasteiger charge is -2.16. The van der Waals surface area contributed by atoms with Crippen LogP contribution >= 0.6 is 11.3 Å². The molecule has 1 spiro atoms. The summed E-state index contributed by atoms with van der Waals surface area (Å²) in [6.07, 6.45) is 7.04. The van der Waals surface area contributed by atoms with Gasteiger partial charge >= 0.3 is 6.03 Å². The van der Waals surface area contributed by atoms with Gasteiger partial charge in [0.15, 0.2) is 0 Å². The molecule has 0 aromatic carbocycles. The molecule has 3 aliphatic rings. The van der Waals surface area contributed by atoms with Crippen molar-refractivity contribution >= 4 is 33.7 Å². The van der Waals surface area contributed by atoms with Gasteiger partial charge in [-0.15, -0.1) is 10.6 Å². The van der Waals surface area contributed by atoms with Crippen LogP contribution in [-0.4, -0.2) is 22.7 Å². The molecule has 2 aromatic rings. The molecule has 2 N–H and O–H groups in total. The number of aryl methyl sites for hydroxylation is 1. The van der Waals surface area contributed by atoms with Gasteiger partial charge < -0.3 is 19.0 Å². The molecule has 9 heteroatoms. The number of carbonyl (C=O) groups excluding carboxylic acids is 1. The quantitative estimate of drug-likeness (QED) is 0.670. The number of nitrogens with zero attached hydrogens (tertiary/aromatic N) is 2. The molecule has 0 bridgehead atoms. The first kappa shape index (κ1) is 20.1. The van der Waals surface area contributed by atoms with E-state index in [0.717, 1.165) is 84.5 Å². The van der Waals surface area contributed by atoms with Crippen LogP contribution in [0.3, 0.4) is 0 Å². The van der Waals surface area contributed by atoms with Gasteiger partial charge in [-0.1, -0.05) is 6.92 Å². The van der Waals surface area contributed by atoms with Gasteiger partial charge in [0, 0.05) is 21.9 Å². The number of fused-ring (bicyclic) bond motifs is 3. The fraction of sp³-hybridized carbons (Fsp3) is 0.524. The van der Waals surface area contributed by atoms with Gasteiger partial charge in [0.25, 0.3) is 0 Å². The van der Waals surface area contributed by atoms with Gasteiger partial charge in [-0.2, -0.15) is 11.3 Å². The first-order valence-corrected chi connectivity index (χ1v) is 12.2. The minimum absolute atomic E-state index is 0.0948. The second kappa shape index (κ2) is 7.39. The predicted octanol–water partition coefficient (Wildman–Crippen LogP) is 4.58. The molecular formula is C21H23FN3O3S2-. The molecule has 3 aliphatic carbocycles. The Morgan fingerprint density at radius 2 is 2.17 bits per heavy atom. The molecule has 1 atom stereocenters. The molecule has 0 unspecified atom stereocenters. The molecule has 0 aliphatic heterocycles. The number of hydrogen-bond acceptors (Lipinski definition) is 6. The Morgan fingerprint density at radius 1 is 1.37 bits per heavy atom. The van der Waals surface area contributed by atoms with Crippen LogP contribution in [-0.2, 0) is 39.5 Å². The fourth-order valence-corrected chi connectivity index (χ4v) is 6.64. The second-order valence-corrected chi connectivity index (χ2v) is 10.9. The third kappa shape index (κ3) is 3.27. The summed E-state index contributed by atoms with van der Waals surface area (Å²) in [7, 11) is -2.14. The largest absolute Gasteiger partial charge is 0.439 e. The Bertz CT molecular complexity index is 1130. The molecule has 1 fully saturated rings. The third-order valence-electron chi connectivity index (χ3n) is 6.52. The number of halogens is 1. The van der Waals surface area contributed by atoms with Crippen LogP contribution in [0.4, 0.5) is 14.9 Å². The molecule has 2 amide bonds. The molecule has 2 aromatic heterocycles. The lowest BCUT2D eigenvalue weighted by molar-refractivity contribution is 0.260. The summed E-state index contributed by atoms with van der Waals surface area (Å²) >= 11 is 0.978. The van der Waals surface area contributed by atoms with Crippen LogP contribution < -0.4 is 5.32 Å². The Hall–Kier alpha value is -1.84. The zero-order valence-electron chi connectivity index (χ0n) is 16.7. The Kier molecular flexibility index (Phi) is 4.95. The van der Waals surface area contributed by atoms with Gasteiger partial charge in [-0.3, -0.25) is 4.98 Å². The average Bonchev–Trinajstić information content (AvgIpc) is 3.03. The van der Waals surface area contributed by atoms with Crippen molar-refractivity contribution in [1.82, 2.24) is 4.98 Å². The number of aromatic nitrogens is 1. The smallest absolute Gasteiger partial charge is 0.322 e. The van der Waals surface area contributed by atoms with E-state index in [9.17, 15) is 18.5 Å². The van der Waals surface area contributed by atoms with E-state index < -0.39 is 22.4 Å². The van der Waals surface area contributed by atoms with Gasteiger partial charge in [-0.05, 0) is 66.3 Å². The van der Waals surface area contributed by atoms with Crippen molar-refractivity contribution < 1.29 is 18.5 Å². The first-order valence-electron chi connectivity index (χ1n) is 10.3. The van der Waals surface area contributed by atoms with E-state index in [1.807, 2.05) is 0 Å². The monoisotopic (exact) mass is 448 g/mol. The summed E-state index contributed by atoms with van der Waals surface area (Å²) in [6.45, 7) is 1.61. The third-order valence-corrected chi connectivity index (χ3v) is 9.18. The number of aliphatic hydroxyl groups is 1. The number of anilines is 1. The van der Waals surface area contributed by atoms with Crippen LogP contribution in [0.5, 0.6) is 0 Å². The molecule has 0 saturated heterocycles. The Labute approximate surface area is 180 Å². The van der Waals surface area contributed by atoms with Crippen molar-refractivity contribution in [2.45, 2.75) is 67.4 Å². The van der Waals surface area contributed by atoms with Crippen molar-refractivity contribution in [1.29, 1.82) is 0 Å². The van der Waals surface area contributed by atoms with Crippen LogP contribution in [0, 0.1) is 5.82 Å². The molecule has 160 valence electrons. The maximum Gasteiger partial charge on any atom is 0.322 e. The van der Waals surface area contributed by atoms with Crippen LogP contribution in [0.15, 0.2) is 14.6 Å². The maximum absolute atomic E-state index is 14.2. The highest BCUT2D eigenvalue weighted by molar-refractivity contribution is 7.78. The number of nitrogens with one attached hydrogen (secondary N) is 1. The maximum atomic E-state index is 14.2. The first-order chi connectivity index (χ1) is 14.4. The van der Waals surface area contributed by atoms with E-state index in [1.54, 1.807) is 6.92 Å². The normalized spacial score (nSPS) is 20.2. The number of carbonyl (C=O) groups is 1. The van der Waals surface area contributed by atoms with Crippen LogP contribution in [0.2, 0.25) is 0 Å². The highest BCUT2D eigenvalue weighted by atomic mass is 32.2. The van der Waals surface area contributed by atoms with Gasteiger partial charge in [0.2, 0.25) is 0 Å². The summed E-state index contributed by atoms with van der Waals surface area (Å²) in [5, 5.41) is 12.1. The summed E-state index contributed by atoms with van der Waals surface area (Å²) < 4.78 is 30.4. The number of hydrogen-bond donors (Lipinski definition) is 2.